The molecule has 0 aliphatic carbocycles. The summed E-state index contributed by atoms with van der Waals surface area (Å²) in [5, 5.41) is 3.75. The summed E-state index contributed by atoms with van der Waals surface area (Å²) in [5.74, 6) is -0.225. The molecule has 3 aromatic rings. The molecule has 0 aromatic heterocycles. The lowest BCUT2D eigenvalue weighted by Crippen LogP contribution is -2.54. The standard InChI is InChI=1S/C30H35ClN2O2/c1-22-11-10-14-24(19-22)21-33(28(34)18-17-25-15-8-9-16-26(25)31)27(29(35)32-30(2,3)4)20-23-12-6-5-7-13-23/h5-16,19,27H,17-18,20-21H2,1-4H3,(H,32,35). The number of nitrogens with one attached hydrogen (secondary N) is 1. The molecular formula is C30H35ClN2O2. The fraction of sp³-hybridized carbons (Fsp3) is 0.333. The number of amides is 2. The van der Waals surface area contributed by atoms with Crippen LogP contribution in [0, 0.1) is 6.92 Å². The molecule has 0 saturated carbocycles. The van der Waals surface area contributed by atoms with Crippen molar-refractivity contribution in [2.45, 2.75) is 65.1 Å². The summed E-state index contributed by atoms with van der Waals surface area (Å²) in [4.78, 5) is 29.0. The van der Waals surface area contributed by atoms with Crippen molar-refractivity contribution in [3.8, 4) is 0 Å². The quantitative estimate of drug-likeness (QED) is 0.392. The minimum absolute atomic E-state index is 0.0728. The molecule has 0 bridgehead atoms. The highest BCUT2D eigenvalue weighted by molar-refractivity contribution is 6.31. The smallest absolute Gasteiger partial charge is 0.243 e. The zero-order valence-corrected chi connectivity index (χ0v) is 21.8. The van der Waals surface area contributed by atoms with Gasteiger partial charge in [0.2, 0.25) is 11.8 Å². The minimum Gasteiger partial charge on any atom is -0.350 e. The predicted molar refractivity (Wildman–Crippen MR) is 143 cm³/mol. The van der Waals surface area contributed by atoms with E-state index in [0.29, 0.717) is 24.4 Å². The number of carbonyl (C=O) groups excluding carboxylic acids is 2. The van der Waals surface area contributed by atoms with E-state index in [4.69, 9.17) is 11.6 Å². The Bertz CT molecular complexity index is 1140. The van der Waals surface area contributed by atoms with Gasteiger partial charge in [-0.15, -0.1) is 0 Å². The fourth-order valence-corrected chi connectivity index (χ4v) is 4.33. The number of aryl methyl sites for hydroxylation is 2. The van der Waals surface area contributed by atoms with Gasteiger partial charge in [-0.25, -0.2) is 0 Å². The van der Waals surface area contributed by atoms with Gasteiger partial charge in [0.1, 0.15) is 6.04 Å². The van der Waals surface area contributed by atoms with Crippen LogP contribution in [0.2, 0.25) is 5.02 Å². The summed E-state index contributed by atoms with van der Waals surface area (Å²) in [6, 6.07) is 24.9. The summed E-state index contributed by atoms with van der Waals surface area (Å²) in [6.07, 6.45) is 1.22. The number of nitrogens with zero attached hydrogens (tertiary/aromatic N) is 1. The lowest BCUT2D eigenvalue weighted by atomic mass is 9.99. The van der Waals surface area contributed by atoms with Crippen LogP contribution in [0.15, 0.2) is 78.9 Å². The van der Waals surface area contributed by atoms with Gasteiger partial charge in [0, 0.05) is 29.9 Å². The van der Waals surface area contributed by atoms with Gasteiger partial charge in [0.05, 0.1) is 0 Å². The topological polar surface area (TPSA) is 49.4 Å². The Kier molecular flexibility index (Phi) is 9.11. The minimum atomic E-state index is -0.643. The van der Waals surface area contributed by atoms with E-state index in [9.17, 15) is 9.59 Å². The molecule has 0 saturated heterocycles. The largest absolute Gasteiger partial charge is 0.350 e. The van der Waals surface area contributed by atoms with Gasteiger partial charge in [-0.1, -0.05) is 90.0 Å². The van der Waals surface area contributed by atoms with Crippen LogP contribution in [0.5, 0.6) is 0 Å². The number of hydrogen-bond donors (Lipinski definition) is 1. The Hall–Kier alpha value is -3.11. The number of carbonyl (C=O) groups is 2. The highest BCUT2D eigenvalue weighted by atomic mass is 35.5. The number of rotatable bonds is 9. The van der Waals surface area contributed by atoms with E-state index >= 15 is 0 Å². The second-order valence-corrected chi connectivity index (χ2v) is 10.5. The summed E-state index contributed by atoms with van der Waals surface area (Å²) < 4.78 is 0. The third kappa shape index (κ3) is 8.25. The van der Waals surface area contributed by atoms with Crippen molar-refractivity contribution in [2.24, 2.45) is 0 Å². The first-order chi connectivity index (χ1) is 16.6. The molecule has 3 aromatic carbocycles. The number of benzene rings is 3. The maximum absolute atomic E-state index is 13.7. The molecule has 0 fully saturated rings. The molecule has 0 spiro atoms. The zero-order valence-electron chi connectivity index (χ0n) is 21.1. The molecule has 0 heterocycles. The molecule has 0 aliphatic rings. The van der Waals surface area contributed by atoms with Crippen LogP contribution < -0.4 is 5.32 Å². The van der Waals surface area contributed by atoms with Crippen molar-refractivity contribution in [3.63, 3.8) is 0 Å². The third-order valence-electron chi connectivity index (χ3n) is 5.77. The van der Waals surface area contributed by atoms with Gasteiger partial charge in [-0.05, 0) is 56.9 Å². The summed E-state index contributed by atoms with van der Waals surface area (Å²) in [6.45, 7) is 8.25. The normalized spacial score (nSPS) is 12.1. The molecule has 35 heavy (non-hydrogen) atoms. The SMILES string of the molecule is Cc1cccc(CN(C(=O)CCc2ccccc2Cl)C(Cc2ccccc2)C(=O)NC(C)(C)C)c1. The lowest BCUT2D eigenvalue weighted by Gasteiger charge is -2.34. The Morgan fingerprint density at radius 1 is 0.914 bits per heavy atom. The summed E-state index contributed by atoms with van der Waals surface area (Å²) in [7, 11) is 0. The third-order valence-corrected chi connectivity index (χ3v) is 6.14. The summed E-state index contributed by atoms with van der Waals surface area (Å²) in [5.41, 5.74) is 3.63. The summed E-state index contributed by atoms with van der Waals surface area (Å²) >= 11 is 6.34. The van der Waals surface area contributed by atoms with Gasteiger partial charge in [-0.2, -0.15) is 0 Å². The monoisotopic (exact) mass is 490 g/mol. The Morgan fingerprint density at radius 2 is 1.57 bits per heavy atom. The van der Waals surface area contributed by atoms with Crippen molar-refractivity contribution in [1.82, 2.24) is 10.2 Å². The first-order valence-electron chi connectivity index (χ1n) is 12.1. The van der Waals surface area contributed by atoms with Crippen molar-refractivity contribution >= 4 is 23.4 Å². The highest BCUT2D eigenvalue weighted by Crippen LogP contribution is 2.21. The highest BCUT2D eigenvalue weighted by Gasteiger charge is 2.32. The molecule has 1 unspecified atom stereocenters. The van der Waals surface area contributed by atoms with Crippen LogP contribution in [0.1, 0.15) is 49.4 Å². The van der Waals surface area contributed by atoms with Crippen LogP contribution in [-0.2, 0) is 29.0 Å². The van der Waals surface area contributed by atoms with Gasteiger partial charge < -0.3 is 10.2 Å². The van der Waals surface area contributed by atoms with Crippen molar-refractivity contribution in [2.75, 3.05) is 0 Å². The molecule has 0 radical (unpaired) electrons. The average molecular weight is 491 g/mol. The average Bonchev–Trinajstić information content (AvgIpc) is 2.80. The molecule has 1 atom stereocenters. The molecule has 5 heteroatoms. The van der Waals surface area contributed by atoms with Crippen LogP contribution in [0.25, 0.3) is 0 Å². The van der Waals surface area contributed by atoms with E-state index in [-0.39, 0.29) is 18.2 Å². The molecule has 184 valence electrons. The lowest BCUT2D eigenvalue weighted by molar-refractivity contribution is -0.141. The van der Waals surface area contributed by atoms with Crippen molar-refractivity contribution < 1.29 is 9.59 Å². The zero-order chi connectivity index (χ0) is 25.4. The van der Waals surface area contributed by atoms with Crippen molar-refractivity contribution in [1.29, 1.82) is 0 Å². The van der Waals surface area contributed by atoms with E-state index in [0.717, 1.165) is 22.3 Å². The molecule has 0 aliphatic heterocycles. The molecule has 3 rings (SSSR count). The van der Waals surface area contributed by atoms with E-state index in [1.54, 1.807) is 4.90 Å². The van der Waals surface area contributed by atoms with E-state index in [1.807, 2.05) is 100 Å². The molecule has 1 N–H and O–H groups in total. The second-order valence-electron chi connectivity index (χ2n) is 10.0. The van der Waals surface area contributed by atoms with Gasteiger partial charge >= 0.3 is 0 Å². The van der Waals surface area contributed by atoms with E-state index < -0.39 is 11.6 Å². The Morgan fingerprint density at radius 3 is 2.23 bits per heavy atom. The van der Waals surface area contributed by atoms with Gasteiger partial charge in [-0.3, -0.25) is 9.59 Å². The van der Waals surface area contributed by atoms with Crippen LogP contribution in [0.3, 0.4) is 0 Å². The van der Waals surface area contributed by atoms with Crippen LogP contribution >= 0.6 is 11.6 Å². The van der Waals surface area contributed by atoms with Crippen LogP contribution in [-0.4, -0.2) is 28.3 Å². The molecular weight excluding hydrogens is 456 g/mol. The number of halogens is 1. The Labute approximate surface area is 214 Å². The van der Waals surface area contributed by atoms with Gasteiger partial charge in [0.15, 0.2) is 0 Å². The first kappa shape index (κ1) is 26.5. The maximum Gasteiger partial charge on any atom is 0.243 e. The van der Waals surface area contributed by atoms with Gasteiger partial charge in [0.25, 0.3) is 0 Å². The fourth-order valence-electron chi connectivity index (χ4n) is 4.10. The van der Waals surface area contributed by atoms with E-state index in [2.05, 4.69) is 11.4 Å². The Balaban J connectivity index is 1.94. The number of hydrogen-bond acceptors (Lipinski definition) is 2. The molecule has 4 nitrogen and oxygen atoms in total. The van der Waals surface area contributed by atoms with E-state index in [1.165, 1.54) is 0 Å². The van der Waals surface area contributed by atoms with Crippen molar-refractivity contribution in [3.05, 3.63) is 106 Å². The maximum atomic E-state index is 13.7. The predicted octanol–water partition coefficient (Wildman–Crippen LogP) is 6.14. The second kappa shape index (κ2) is 12.0. The first-order valence-corrected chi connectivity index (χ1v) is 12.4. The molecule has 2 amide bonds. The van der Waals surface area contributed by atoms with Crippen LogP contribution in [0.4, 0.5) is 0 Å².